The summed E-state index contributed by atoms with van der Waals surface area (Å²) in [5.74, 6) is 1.55. The van der Waals surface area contributed by atoms with Gasteiger partial charge in [0.25, 0.3) is 0 Å². The highest BCUT2D eigenvalue weighted by Gasteiger charge is 2.04. The van der Waals surface area contributed by atoms with Crippen molar-refractivity contribution in [1.29, 1.82) is 0 Å². The van der Waals surface area contributed by atoms with E-state index in [1.165, 1.54) is 0 Å². The quantitative estimate of drug-likeness (QED) is 0.709. The van der Waals surface area contributed by atoms with Gasteiger partial charge in [-0.05, 0) is 18.2 Å². The highest BCUT2D eigenvalue weighted by molar-refractivity contribution is 5.43. The van der Waals surface area contributed by atoms with E-state index in [0.29, 0.717) is 0 Å². The molecule has 0 aliphatic heterocycles. The average Bonchev–Trinajstić information content (AvgIpc) is 2.18. The molecule has 0 aromatic heterocycles. The summed E-state index contributed by atoms with van der Waals surface area (Å²) in [4.78, 5) is 0. The molecule has 0 aliphatic rings. The maximum absolute atomic E-state index is 5.13. The van der Waals surface area contributed by atoms with Gasteiger partial charge in [-0.1, -0.05) is 0 Å². The summed E-state index contributed by atoms with van der Waals surface area (Å²) in [7, 11) is 4.84. The van der Waals surface area contributed by atoms with Crippen molar-refractivity contribution < 1.29 is 14.2 Å². The molecule has 3 heteroatoms. The summed E-state index contributed by atoms with van der Waals surface area (Å²) in [6.45, 7) is 1.61. The number of rotatable bonds is 4. The van der Waals surface area contributed by atoms with Crippen LogP contribution in [0, 0.1) is 6.61 Å². The maximum atomic E-state index is 5.13. The maximum Gasteiger partial charge on any atom is 0.125 e. The van der Waals surface area contributed by atoms with Gasteiger partial charge in [-0.3, -0.25) is 0 Å². The molecule has 0 fully saturated rings. The molecule has 0 spiro atoms. The lowest BCUT2D eigenvalue weighted by Crippen LogP contribution is -1.93. The van der Waals surface area contributed by atoms with Crippen LogP contribution in [0.25, 0.3) is 0 Å². The van der Waals surface area contributed by atoms with Crippen molar-refractivity contribution in [1.82, 2.24) is 0 Å². The van der Waals surface area contributed by atoms with Crippen molar-refractivity contribution >= 4 is 0 Å². The molecule has 1 radical (unpaired) electrons. The lowest BCUT2D eigenvalue weighted by atomic mass is 10.2. The van der Waals surface area contributed by atoms with Gasteiger partial charge in [-0.2, -0.15) is 0 Å². The van der Waals surface area contributed by atoms with Gasteiger partial charge in [0.15, 0.2) is 0 Å². The Labute approximate surface area is 78.2 Å². The van der Waals surface area contributed by atoms with Crippen molar-refractivity contribution in [3.63, 3.8) is 0 Å². The van der Waals surface area contributed by atoms with Gasteiger partial charge in [0.05, 0.1) is 14.2 Å². The molecule has 1 aromatic carbocycles. The first kappa shape index (κ1) is 9.86. The fourth-order valence-electron chi connectivity index (χ4n) is 1.06. The summed E-state index contributed by atoms with van der Waals surface area (Å²) in [5.41, 5.74) is 0.865. The van der Waals surface area contributed by atoms with E-state index < -0.39 is 0 Å². The minimum Gasteiger partial charge on any atom is -0.497 e. The highest BCUT2D eigenvalue weighted by Crippen LogP contribution is 2.25. The first-order valence-electron chi connectivity index (χ1n) is 3.90. The minimum absolute atomic E-state index is 0.766. The normalized spacial score (nSPS) is 9.77. The van der Waals surface area contributed by atoms with Crippen LogP contribution in [0.2, 0.25) is 0 Å². The molecule has 0 amide bonds. The lowest BCUT2D eigenvalue weighted by molar-refractivity contribution is 0.287. The molecule has 0 saturated heterocycles. The summed E-state index contributed by atoms with van der Waals surface area (Å²) < 4.78 is 15.1. The first-order valence-corrected chi connectivity index (χ1v) is 3.90. The monoisotopic (exact) mass is 181 g/mol. The second-order valence-electron chi connectivity index (χ2n) is 2.46. The molecule has 0 bridgehead atoms. The zero-order valence-corrected chi connectivity index (χ0v) is 8.03. The Balaban J connectivity index is 2.95. The summed E-state index contributed by atoms with van der Waals surface area (Å²) in [5, 5.41) is 0. The molecule has 71 valence electrons. The van der Waals surface area contributed by atoms with Crippen molar-refractivity contribution in [2.24, 2.45) is 0 Å². The molecule has 13 heavy (non-hydrogen) atoms. The predicted molar refractivity (Wildman–Crippen MR) is 50.0 cm³/mol. The van der Waals surface area contributed by atoms with E-state index in [0.717, 1.165) is 17.1 Å². The first-order chi connectivity index (χ1) is 6.31. The van der Waals surface area contributed by atoms with Gasteiger partial charge in [-0.25, -0.2) is 0 Å². The Hall–Kier alpha value is -1.22. The van der Waals surface area contributed by atoms with Crippen LogP contribution in [-0.4, -0.2) is 21.3 Å². The average molecular weight is 181 g/mol. The van der Waals surface area contributed by atoms with E-state index in [2.05, 4.69) is 0 Å². The molecule has 3 nitrogen and oxygen atoms in total. The minimum atomic E-state index is 0.766. The van der Waals surface area contributed by atoms with Crippen molar-refractivity contribution in [3.05, 3.63) is 30.4 Å². The van der Waals surface area contributed by atoms with Crippen LogP contribution in [0.5, 0.6) is 11.5 Å². The SMILES string of the molecule is CO[CH]c1cc(OC)ccc1OC. The number of benzene rings is 1. The van der Waals surface area contributed by atoms with Gasteiger partial charge < -0.3 is 14.2 Å². The molecule has 0 saturated carbocycles. The Bertz CT molecular complexity index is 271. The van der Waals surface area contributed by atoms with E-state index in [9.17, 15) is 0 Å². The number of hydrogen-bond acceptors (Lipinski definition) is 3. The van der Waals surface area contributed by atoms with Crippen LogP contribution in [0.1, 0.15) is 5.56 Å². The van der Waals surface area contributed by atoms with E-state index in [1.807, 2.05) is 18.2 Å². The molecule has 0 N–H and O–H groups in total. The second-order valence-corrected chi connectivity index (χ2v) is 2.46. The Morgan fingerprint density at radius 2 is 1.85 bits per heavy atom. The molecule has 0 unspecified atom stereocenters. The molecule has 0 aliphatic carbocycles. The van der Waals surface area contributed by atoms with Crippen LogP contribution < -0.4 is 9.47 Å². The zero-order valence-electron chi connectivity index (χ0n) is 8.03. The van der Waals surface area contributed by atoms with Crippen LogP contribution >= 0.6 is 0 Å². The van der Waals surface area contributed by atoms with Crippen LogP contribution in [0.15, 0.2) is 18.2 Å². The Kier molecular flexibility index (Phi) is 3.58. The zero-order chi connectivity index (χ0) is 9.68. The number of ether oxygens (including phenoxy) is 3. The molecular weight excluding hydrogens is 168 g/mol. The Morgan fingerprint density at radius 1 is 1.08 bits per heavy atom. The molecule has 0 heterocycles. The summed E-state index contributed by atoms with van der Waals surface area (Å²) >= 11 is 0. The largest absolute Gasteiger partial charge is 0.497 e. The van der Waals surface area contributed by atoms with Crippen molar-refractivity contribution in [2.45, 2.75) is 0 Å². The van der Waals surface area contributed by atoms with Gasteiger partial charge in [0, 0.05) is 12.7 Å². The van der Waals surface area contributed by atoms with Crippen molar-refractivity contribution in [2.75, 3.05) is 21.3 Å². The van der Waals surface area contributed by atoms with E-state index in [-0.39, 0.29) is 0 Å². The number of methoxy groups -OCH3 is 3. The fraction of sp³-hybridized carbons (Fsp3) is 0.300. The summed E-state index contributed by atoms with van der Waals surface area (Å²) in [6, 6.07) is 5.53. The molecule has 1 aromatic rings. The standard InChI is InChI=1S/C10H13O3/c1-11-7-8-6-9(12-2)4-5-10(8)13-3/h4-7H,1-3H3. The highest BCUT2D eigenvalue weighted by atomic mass is 16.5. The smallest absolute Gasteiger partial charge is 0.125 e. The predicted octanol–water partition coefficient (Wildman–Crippen LogP) is 1.86. The van der Waals surface area contributed by atoms with Crippen LogP contribution in [0.4, 0.5) is 0 Å². The van der Waals surface area contributed by atoms with Crippen LogP contribution in [0.3, 0.4) is 0 Å². The lowest BCUT2D eigenvalue weighted by Gasteiger charge is -2.08. The topological polar surface area (TPSA) is 27.7 Å². The fourth-order valence-corrected chi connectivity index (χ4v) is 1.06. The Morgan fingerprint density at radius 3 is 2.38 bits per heavy atom. The van der Waals surface area contributed by atoms with Gasteiger partial charge in [-0.15, -0.1) is 0 Å². The molecule has 1 rings (SSSR count). The van der Waals surface area contributed by atoms with Crippen LogP contribution in [-0.2, 0) is 4.74 Å². The second kappa shape index (κ2) is 4.72. The van der Waals surface area contributed by atoms with Gasteiger partial charge in [0.2, 0.25) is 0 Å². The third-order valence-corrected chi connectivity index (χ3v) is 1.68. The van der Waals surface area contributed by atoms with Gasteiger partial charge >= 0.3 is 0 Å². The number of hydrogen-bond donors (Lipinski definition) is 0. The third kappa shape index (κ3) is 2.36. The van der Waals surface area contributed by atoms with Crippen molar-refractivity contribution in [3.8, 4) is 11.5 Å². The third-order valence-electron chi connectivity index (χ3n) is 1.68. The van der Waals surface area contributed by atoms with E-state index >= 15 is 0 Å². The van der Waals surface area contributed by atoms with Gasteiger partial charge in [0.1, 0.15) is 18.1 Å². The molecule has 0 atom stereocenters. The summed E-state index contributed by atoms with van der Waals surface area (Å²) in [6.07, 6.45) is 0. The van der Waals surface area contributed by atoms with E-state index in [1.54, 1.807) is 27.9 Å². The molecular formula is C10H13O3. The van der Waals surface area contributed by atoms with E-state index in [4.69, 9.17) is 14.2 Å².